The Morgan fingerprint density at radius 3 is 3.00 bits per heavy atom. The van der Waals surface area contributed by atoms with Crippen molar-refractivity contribution in [3.05, 3.63) is 42.1 Å². The molecule has 3 rings (SSSR count). The Hall–Kier alpha value is -2.03. The monoisotopic (exact) mass is 226 g/mol. The number of nitrogens with zero attached hydrogens (tertiary/aromatic N) is 1. The summed E-state index contributed by atoms with van der Waals surface area (Å²) in [4.78, 5) is 4.34. The Kier molecular flexibility index (Phi) is 2.44. The van der Waals surface area contributed by atoms with E-state index in [4.69, 9.17) is 10.5 Å². The van der Waals surface area contributed by atoms with Crippen LogP contribution in [0, 0.1) is 0 Å². The fraction of sp³-hybridized carbons (Fsp3) is 0.214. The molecule has 0 fully saturated rings. The van der Waals surface area contributed by atoms with E-state index in [0.29, 0.717) is 0 Å². The Balaban J connectivity index is 2.04. The van der Waals surface area contributed by atoms with Crippen LogP contribution in [0.2, 0.25) is 0 Å². The zero-order valence-electron chi connectivity index (χ0n) is 9.52. The van der Waals surface area contributed by atoms with E-state index in [0.717, 1.165) is 42.1 Å². The second-order valence-corrected chi connectivity index (χ2v) is 4.25. The van der Waals surface area contributed by atoms with Gasteiger partial charge in [-0.05, 0) is 48.7 Å². The predicted octanol–water partition coefficient (Wildman–Crippen LogP) is 2.66. The fourth-order valence-corrected chi connectivity index (χ4v) is 2.12. The number of aromatic nitrogens is 1. The maximum atomic E-state index is 5.77. The van der Waals surface area contributed by atoms with Gasteiger partial charge in [-0.3, -0.25) is 4.98 Å². The lowest BCUT2D eigenvalue weighted by atomic mass is 10.0. The number of benzene rings is 1. The minimum Gasteiger partial charge on any atom is -0.493 e. The lowest BCUT2D eigenvalue weighted by molar-refractivity contribution is 0.288. The summed E-state index contributed by atoms with van der Waals surface area (Å²) in [5.41, 5.74) is 9.78. The van der Waals surface area contributed by atoms with Crippen molar-refractivity contribution in [2.75, 3.05) is 12.3 Å². The average Bonchev–Trinajstić information content (AvgIpc) is 2.38. The van der Waals surface area contributed by atoms with E-state index in [1.165, 1.54) is 5.56 Å². The van der Waals surface area contributed by atoms with Gasteiger partial charge >= 0.3 is 0 Å². The standard InChI is InChI=1S/C14H14N2O/c15-12-5-6-16-13(9-12)10-3-4-14-11(8-10)2-1-7-17-14/h3-6,8-9H,1-2,7H2,(H2,15,16). The van der Waals surface area contributed by atoms with Crippen LogP contribution in [0.25, 0.3) is 11.3 Å². The summed E-state index contributed by atoms with van der Waals surface area (Å²) in [7, 11) is 0. The number of hydrogen-bond acceptors (Lipinski definition) is 3. The van der Waals surface area contributed by atoms with Crippen molar-refractivity contribution in [3.63, 3.8) is 0 Å². The molecule has 3 nitrogen and oxygen atoms in total. The number of rotatable bonds is 1. The highest BCUT2D eigenvalue weighted by atomic mass is 16.5. The van der Waals surface area contributed by atoms with Crippen molar-refractivity contribution in [1.29, 1.82) is 0 Å². The van der Waals surface area contributed by atoms with Gasteiger partial charge in [0.2, 0.25) is 0 Å². The van der Waals surface area contributed by atoms with Crippen LogP contribution in [0.4, 0.5) is 5.69 Å². The largest absolute Gasteiger partial charge is 0.493 e. The third-order valence-corrected chi connectivity index (χ3v) is 2.99. The van der Waals surface area contributed by atoms with Crippen molar-refractivity contribution in [3.8, 4) is 17.0 Å². The fourth-order valence-electron chi connectivity index (χ4n) is 2.12. The van der Waals surface area contributed by atoms with Crippen molar-refractivity contribution in [2.24, 2.45) is 0 Å². The van der Waals surface area contributed by atoms with E-state index in [2.05, 4.69) is 11.1 Å². The molecule has 0 radical (unpaired) electrons. The Labute approximate surface area is 100 Å². The highest BCUT2D eigenvalue weighted by molar-refractivity contribution is 5.65. The third kappa shape index (κ3) is 1.96. The summed E-state index contributed by atoms with van der Waals surface area (Å²) < 4.78 is 5.59. The highest BCUT2D eigenvalue weighted by Crippen LogP contribution is 2.29. The van der Waals surface area contributed by atoms with Crippen LogP contribution >= 0.6 is 0 Å². The number of hydrogen-bond donors (Lipinski definition) is 1. The molecule has 0 atom stereocenters. The van der Waals surface area contributed by atoms with Gasteiger partial charge in [-0.25, -0.2) is 0 Å². The summed E-state index contributed by atoms with van der Waals surface area (Å²) in [6.07, 6.45) is 3.90. The average molecular weight is 226 g/mol. The van der Waals surface area contributed by atoms with Crippen LogP contribution < -0.4 is 10.5 Å². The van der Waals surface area contributed by atoms with Crippen LogP contribution in [0.3, 0.4) is 0 Å². The number of anilines is 1. The zero-order chi connectivity index (χ0) is 11.7. The second kappa shape index (κ2) is 4.09. The van der Waals surface area contributed by atoms with Crippen LogP contribution in [-0.2, 0) is 6.42 Å². The molecule has 3 heteroatoms. The van der Waals surface area contributed by atoms with Gasteiger partial charge in [0.25, 0.3) is 0 Å². The third-order valence-electron chi connectivity index (χ3n) is 2.99. The molecule has 0 aliphatic carbocycles. The molecule has 2 heterocycles. The van der Waals surface area contributed by atoms with Crippen LogP contribution in [0.15, 0.2) is 36.5 Å². The van der Waals surface area contributed by atoms with E-state index in [9.17, 15) is 0 Å². The van der Waals surface area contributed by atoms with Gasteiger partial charge in [0.15, 0.2) is 0 Å². The molecule has 1 aliphatic rings. The first-order chi connectivity index (χ1) is 8.33. The number of ether oxygens (including phenoxy) is 1. The van der Waals surface area contributed by atoms with E-state index < -0.39 is 0 Å². The van der Waals surface area contributed by atoms with Gasteiger partial charge in [0.1, 0.15) is 5.75 Å². The summed E-state index contributed by atoms with van der Waals surface area (Å²) in [6, 6.07) is 9.90. The topological polar surface area (TPSA) is 48.1 Å². The van der Waals surface area contributed by atoms with Gasteiger partial charge in [0.05, 0.1) is 12.3 Å². The Bertz CT molecular complexity index is 552. The van der Waals surface area contributed by atoms with Gasteiger partial charge < -0.3 is 10.5 Å². The smallest absolute Gasteiger partial charge is 0.122 e. The van der Waals surface area contributed by atoms with E-state index in [-0.39, 0.29) is 0 Å². The molecule has 2 aromatic rings. The minimum absolute atomic E-state index is 0.740. The van der Waals surface area contributed by atoms with Crippen LogP contribution in [0.1, 0.15) is 12.0 Å². The van der Waals surface area contributed by atoms with Crippen molar-refractivity contribution >= 4 is 5.69 Å². The Morgan fingerprint density at radius 1 is 1.18 bits per heavy atom. The lowest BCUT2D eigenvalue weighted by Crippen LogP contribution is -2.08. The number of nitrogen functional groups attached to an aromatic ring is 1. The first-order valence-corrected chi connectivity index (χ1v) is 5.80. The number of nitrogens with two attached hydrogens (primary N) is 1. The second-order valence-electron chi connectivity index (χ2n) is 4.25. The van der Waals surface area contributed by atoms with E-state index in [1.54, 1.807) is 12.3 Å². The van der Waals surface area contributed by atoms with Crippen molar-refractivity contribution < 1.29 is 4.74 Å². The maximum absolute atomic E-state index is 5.77. The molecule has 0 amide bonds. The molecule has 0 bridgehead atoms. The zero-order valence-corrected chi connectivity index (χ0v) is 9.52. The van der Waals surface area contributed by atoms with Gasteiger partial charge in [0, 0.05) is 17.4 Å². The molecule has 1 aromatic carbocycles. The molecule has 2 N–H and O–H groups in total. The first kappa shape index (κ1) is 10.1. The highest BCUT2D eigenvalue weighted by Gasteiger charge is 2.11. The molecule has 0 spiro atoms. The van der Waals surface area contributed by atoms with Crippen molar-refractivity contribution in [1.82, 2.24) is 4.98 Å². The van der Waals surface area contributed by atoms with E-state index >= 15 is 0 Å². The quantitative estimate of drug-likeness (QED) is 0.813. The number of pyridine rings is 1. The lowest BCUT2D eigenvalue weighted by Gasteiger charge is -2.17. The van der Waals surface area contributed by atoms with Crippen LogP contribution in [0.5, 0.6) is 5.75 Å². The molecule has 0 saturated carbocycles. The normalized spacial score (nSPS) is 13.9. The number of aryl methyl sites for hydroxylation is 1. The Morgan fingerprint density at radius 2 is 2.12 bits per heavy atom. The SMILES string of the molecule is Nc1ccnc(-c2ccc3c(c2)CCCO3)c1. The summed E-state index contributed by atoms with van der Waals surface area (Å²) >= 11 is 0. The summed E-state index contributed by atoms with van der Waals surface area (Å²) in [6.45, 7) is 0.822. The van der Waals surface area contributed by atoms with Gasteiger partial charge in [-0.15, -0.1) is 0 Å². The number of fused-ring (bicyclic) bond motifs is 1. The molecule has 1 aliphatic heterocycles. The minimum atomic E-state index is 0.740. The summed E-state index contributed by atoms with van der Waals surface area (Å²) in [5.74, 6) is 1.00. The maximum Gasteiger partial charge on any atom is 0.122 e. The molecule has 0 saturated heterocycles. The molecular formula is C14H14N2O. The first-order valence-electron chi connectivity index (χ1n) is 5.80. The molecule has 17 heavy (non-hydrogen) atoms. The summed E-state index contributed by atoms with van der Waals surface area (Å²) in [5, 5.41) is 0. The molecule has 1 aromatic heterocycles. The van der Waals surface area contributed by atoms with Gasteiger partial charge in [-0.2, -0.15) is 0 Å². The van der Waals surface area contributed by atoms with E-state index in [1.807, 2.05) is 18.2 Å². The van der Waals surface area contributed by atoms with Crippen LogP contribution in [-0.4, -0.2) is 11.6 Å². The molecule has 0 unspecified atom stereocenters. The molecular weight excluding hydrogens is 212 g/mol. The van der Waals surface area contributed by atoms with Gasteiger partial charge in [-0.1, -0.05) is 0 Å². The molecule has 86 valence electrons. The van der Waals surface area contributed by atoms with Crippen molar-refractivity contribution in [2.45, 2.75) is 12.8 Å². The predicted molar refractivity (Wildman–Crippen MR) is 67.9 cm³/mol.